The summed E-state index contributed by atoms with van der Waals surface area (Å²) in [5, 5.41) is 0. The number of rotatable bonds is 10. The highest BCUT2D eigenvalue weighted by molar-refractivity contribution is 9.10. The predicted octanol–water partition coefficient (Wildman–Crippen LogP) is 10.3. The van der Waals surface area contributed by atoms with Gasteiger partial charge in [-0.1, -0.05) is 107 Å². The Morgan fingerprint density at radius 3 is 1.87 bits per heavy atom. The summed E-state index contributed by atoms with van der Waals surface area (Å²) in [6, 6.07) is 30.5. The van der Waals surface area contributed by atoms with E-state index in [1.807, 2.05) is 0 Å². The monoisotopic (exact) mass is 562 g/mol. The molecule has 0 N–H and O–H groups in total. The van der Waals surface area contributed by atoms with Crippen LogP contribution in [-0.4, -0.2) is 0 Å². The van der Waals surface area contributed by atoms with Gasteiger partial charge in [0.1, 0.15) is 0 Å². The molecule has 6 rings (SSSR count). The molecular formula is C37H39Br. The predicted molar refractivity (Wildman–Crippen MR) is 165 cm³/mol. The van der Waals surface area contributed by atoms with Gasteiger partial charge in [-0.3, -0.25) is 0 Å². The number of benzene rings is 4. The van der Waals surface area contributed by atoms with E-state index in [1.165, 1.54) is 102 Å². The first kappa shape index (κ1) is 25.6. The fourth-order valence-electron chi connectivity index (χ4n) is 6.92. The minimum absolute atomic E-state index is 0.105. The molecular weight excluding hydrogens is 524 g/mol. The van der Waals surface area contributed by atoms with Crippen LogP contribution in [0.25, 0.3) is 11.1 Å². The third-order valence-corrected chi connectivity index (χ3v) is 9.66. The zero-order chi connectivity index (χ0) is 26.1. The minimum Gasteiger partial charge on any atom is -0.0591 e. The highest BCUT2D eigenvalue weighted by atomic mass is 79.9. The third kappa shape index (κ3) is 5.03. The van der Waals surface area contributed by atoms with Crippen molar-refractivity contribution in [1.82, 2.24) is 0 Å². The average molecular weight is 564 g/mol. The van der Waals surface area contributed by atoms with Gasteiger partial charge in [-0.15, -0.1) is 0 Å². The highest BCUT2D eigenvalue weighted by Gasteiger charge is 2.42. The molecule has 0 heterocycles. The van der Waals surface area contributed by atoms with Crippen molar-refractivity contribution in [1.29, 1.82) is 0 Å². The second-order valence-corrected chi connectivity index (χ2v) is 12.7. The Bertz CT molecular complexity index is 1390. The van der Waals surface area contributed by atoms with Crippen molar-refractivity contribution in [3.05, 3.63) is 128 Å². The van der Waals surface area contributed by atoms with Crippen molar-refractivity contribution in [3.63, 3.8) is 0 Å². The Morgan fingerprint density at radius 2 is 1.18 bits per heavy atom. The van der Waals surface area contributed by atoms with Crippen LogP contribution in [-0.2, 0) is 31.1 Å². The first-order chi connectivity index (χ1) is 18.5. The SMILES string of the molecule is Cc1ccc(CCCCC2(CCCCc3ccc4c(c3)CC4)c3cc(C)ccc3-c3ccc(Br)cc32)cc1. The molecule has 38 heavy (non-hydrogen) atoms. The van der Waals surface area contributed by atoms with E-state index in [-0.39, 0.29) is 5.41 Å². The van der Waals surface area contributed by atoms with Crippen LogP contribution >= 0.6 is 15.9 Å². The molecule has 2 aliphatic rings. The van der Waals surface area contributed by atoms with E-state index in [4.69, 9.17) is 0 Å². The normalized spacial score (nSPS) is 17.0. The maximum Gasteiger partial charge on any atom is 0.0215 e. The molecule has 1 unspecified atom stereocenters. The Kier molecular flexibility index (Phi) is 7.32. The standard InChI is InChI=1S/C37H39Br/c1-26-9-12-28(13-10-26)7-3-5-21-37(22-6-4-8-29-14-15-30-16-17-31(30)24-29)35-23-27(2)11-19-33(35)34-20-18-32(38)25-36(34)37/h9-15,18-20,23-25H,3-8,16-17,21-22H2,1-2H3. The quantitative estimate of drug-likeness (QED) is 0.168. The van der Waals surface area contributed by atoms with Crippen molar-refractivity contribution < 1.29 is 0 Å². The van der Waals surface area contributed by atoms with Crippen LogP contribution in [0.1, 0.15) is 83.0 Å². The molecule has 1 atom stereocenters. The van der Waals surface area contributed by atoms with Crippen LogP contribution < -0.4 is 0 Å². The topological polar surface area (TPSA) is 0 Å². The summed E-state index contributed by atoms with van der Waals surface area (Å²) in [5.74, 6) is 0. The number of aryl methyl sites for hydroxylation is 6. The second kappa shape index (κ2) is 10.9. The summed E-state index contributed by atoms with van der Waals surface area (Å²) in [7, 11) is 0. The molecule has 4 aromatic carbocycles. The molecule has 0 aliphatic heterocycles. The fraction of sp³-hybridized carbons (Fsp3) is 0.351. The van der Waals surface area contributed by atoms with Gasteiger partial charge in [0.2, 0.25) is 0 Å². The summed E-state index contributed by atoms with van der Waals surface area (Å²) in [5.41, 5.74) is 15.0. The minimum atomic E-state index is 0.105. The number of unbranched alkanes of at least 4 members (excludes halogenated alkanes) is 2. The van der Waals surface area contributed by atoms with Crippen LogP contribution in [0.2, 0.25) is 0 Å². The van der Waals surface area contributed by atoms with Crippen molar-refractivity contribution >= 4 is 15.9 Å². The first-order valence-electron chi connectivity index (χ1n) is 14.6. The number of hydrogen-bond acceptors (Lipinski definition) is 0. The molecule has 0 radical (unpaired) electrons. The van der Waals surface area contributed by atoms with Crippen molar-refractivity contribution in [2.45, 2.75) is 83.5 Å². The fourth-order valence-corrected chi connectivity index (χ4v) is 7.28. The van der Waals surface area contributed by atoms with Gasteiger partial charge in [-0.05, 0) is 122 Å². The van der Waals surface area contributed by atoms with E-state index in [9.17, 15) is 0 Å². The molecule has 0 spiro atoms. The summed E-state index contributed by atoms with van der Waals surface area (Å²) in [6.07, 6.45) is 12.4. The van der Waals surface area contributed by atoms with E-state index < -0.39 is 0 Å². The van der Waals surface area contributed by atoms with Gasteiger partial charge in [0.15, 0.2) is 0 Å². The van der Waals surface area contributed by atoms with E-state index in [0.717, 1.165) is 0 Å². The summed E-state index contributed by atoms with van der Waals surface area (Å²) in [4.78, 5) is 0. The maximum atomic E-state index is 3.82. The lowest BCUT2D eigenvalue weighted by molar-refractivity contribution is 0.407. The van der Waals surface area contributed by atoms with E-state index in [1.54, 1.807) is 22.3 Å². The lowest BCUT2D eigenvalue weighted by atomic mass is 9.70. The molecule has 2 aliphatic carbocycles. The lowest BCUT2D eigenvalue weighted by Crippen LogP contribution is -2.26. The van der Waals surface area contributed by atoms with Gasteiger partial charge in [0.25, 0.3) is 0 Å². The largest absolute Gasteiger partial charge is 0.0591 e. The number of hydrogen-bond donors (Lipinski definition) is 0. The molecule has 4 aromatic rings. The van der Waals surface area contributed by atoms with Gasteiger partial charge in [0.05, 0.1) is 0 Å². The van der Waals surface area contributed by atoms with Crippen LogP contribution in [0, 0.1) is 13.8 Å². The number of fused-ring (bicyclic) bond motifs is 4. The molecule has 0 bridgehead atoms. The molecule has 0 saturated carbocycles. The van der Waals surface area contributed by atoms with Crippen LogP contribution in [0.5, 0.6) is 0 Å². The first-order valence-corrected chi connectivity index (χ1v) is 15.4. The van der Waals surface area contributed by atoms with Crippen molar-refractivity contribution in [2.24, 2.45) is 0 Å². The Morgan fingerprint density at radius 1 is 0.579 bits per heavy atom. The lowest BCUT2D eigenvalue weighted by Gasteiger charge is -2.33. The Balaban J connectivity index is 1.24. The van der Waals surface area contributed by atoms with Crippen molar-refractivity contribution in [2.75, 3.05) is 0 Å². The molecule has 0 saturated heterocycles. The molecule has 0 fully saturated rings. The van der Waals surface area contributed by atoms with E-state index in [2.05, 4.69) is 109 Å². The summed E-state index contributed by atoms with van der Waals surface area (Å²) < 4.78 is 1.20. The third-order valence-electron chi connectivity index (χ3n) is 9.17. The van der Waals surface area contributed by atoms with Gasteiger partial charge in [0, 0.05) is 9.89 Å². The molecule has 194 valence electrons. The second-order valence-electron chi connectivity index (χ2n) is 11.8. The van der Waals surface area contributed by atoms with Crippen LogP contribution in [0.4, 0.5) is 0 Å². The van der Waals surface area contributed by atoms with E-state index in [0.29, 0.717) is 0 Å². The number of halogens is 1. The summed E-state index contributed by atoms with van der Waals surface area (Å²) in [6.45, 7) is 4.43. The van der Waals surface area contributed by atoms with Gasteiger partial charge >= 0.3 is 0 Å². The van der Waals surface area contributed by atoms with Crippen molar-refractivity contribution in [3.8, 4) is 11.1 Å². The highest BCUT2D eigenvalue weighted by Crippen LogP contribution is 2.55. The zero-order valence-corrected chi connectivity index (χ0v) is 24.5. The summed E-state index contributed by atoms with van der Waals surface area (Å²) >= 11 is 3.82. The maximum absolute atomic E-state index is 3.82. The van der Waals surface area contributed by atoms with E-state index >= 15 is 0 Å². The molecule has 0 amide bonds. The van der Waals surface area contributed by atoms with Gasteiger partial charge in [-0.2, -0.15) is 0 Å². The average Bonchev–Trinajstić information content (AvgIpc) is 3.15. The Hall–Kier alpha value is -2.64. The smallest absolute Gasteiger partial charge is 0.0215 e. The zero-order valence-electron chi connectivity index (χ0n) is 23.0. The molecule has 0 aromatic heterocycles. The van der Waals surface area contributed by atoms with Gasteiger partial charge in [-0.25, -0.2) is 0 Å². The van der Waals surface area contributed by atoms with Crippen LogP contribution in [0.3, 0.4) is 0 Å². The molecule has 1 heteroatoms. The Labute approximate surface area is 237 Å². The van der Waals surface area contributed by atoms with Gasteiger partial charge < -0.3 is 0 Å². The molecule has 0 nitrogen and oxygen atoms in total. The van der Waals surface area contributed by atoms with Crippen LogP contribution in [0.15, 0.2) is 83.3 Å².